The first-order valence-corrected chi connectivity index (χ1v) is 6.92. The van der Waals surface area contributed by atoms with E-state index in [1.807, 2.05) is 19.9 Å². The van der Waals surface area contributed by atoms with Crippen molar-refractivity contribution in [3.63, 3.8) is 0 Å². The Bertz CT molecular complexity index is 724. The van der Waals surface area contributed by atoms with Gasteiger partial charge in [-0.1, -0.05) is 17.7 Å². The maximum Gasteiger partial charge on any atom is 0.314 e. The molecule has 0 spiro atoms. The number of phenols is 1. The summed E-state index contributed by atoms with van der Waals surface area (Å²) >= 11 is 5.78. The molecule has 22 heavy (non-hydrogen) atoms. The molecule has 0 saturated carbocycles. The minimum Gasteiger partial charge on any atom is -0.506 e. The summed E-state index contributed by atoms with van der Waals surface area (Å²) in [6.45, 7) is 3.79. The van der Waals surface area contributed by atoms with Gasteiger partial charge in [-0.3, -0.25) is 9.59 Å². The van der Waals surface area contributed by atoms with Crippen LogP contribution in [0.4, 0.5) is 11.4 Å². The highest BCUT2D eigenvalue weighted by molar-refractivity contribution is 6.44. The molecule has 0 atom stereocenters. The van der Waals surface area contributed by atoms with E-state index in [0.29, 0.717) is 10.7 Å². The molecule has 3 N–H and O–H groups in total. The molecule has 0 bridgehead atoms. The Balaban J connectivity index is 2.09. The van der Waals surface area contributed by atoms with E-state index in [9.17, 15) is 14.7 Å². The van der Waals surface area contributed by atoms with Crippen molar-refractivity contribution in [1.29, 1.82) is 0 Å². The van der Waals surface area contributed by atoms with Gasteiger partial charge >= 0.3 is 11.8 Å². The third-order valence-electron chi connectivity index (χ3n) is 2.89. The number of hydrogen-bond donors (Lipinski definition) is 3. The maximum atomic E-state index is 11.9. The van der Waals surface area contributed by atoms with E-state index in [1.54, 1.807) is 12.1 Å². The van der Waals surface area contributed by atoms with Gasteiger partial charge in [0, 0.05) is 10.7 Å². The van der Waals surface area contributed by atoms with Crippen molar-refractivity contribution in [3.8, 4) is 5.75 Å². The lowest BCUT2D eigenvalue weighted by Crippen LogP contribution is -2.29. The first-order chi connectivity index (χ1) is 10.3. The van der Waals surface area contributed by atoms with Crippen LogP contribution >= 0.6 is 11.6 Å². The summed E-state index contributed by atoms with van der Waals surface area (Å²) in [5, 5.41) is 14.8. The molecule has 5 nitrogen and oxygen atoms in total. The highest BCUT2D eigenvalue weighted by Gasteiger charge is 2.16. The molecule has 2 aromatic carbocycles. The largest absolute Gasteiger partial charge is 0.506 e. The summed E-state index contributed by atoms with van der Waals surface area (Å²) < 4.78 is 0. The van der Waals surface area contributed by atoms with Crippen molar-refractivity contribution in [1.82, 2.24) is 0 Å². The minimum absolute atomic E-state index is 0.0769. The number of phenolic OH excluding ortho intramolecular Hbond substituents is 1. The number of rotatable bonds is 2. The third-order valence-corrected chi connectivity index (χ3v) is 3.13. The molecule has 0 radical (unpaired) electrons. The van der Waals surface area contributed by atoms with Gasteiger partial charge in [0.25, 0.3) is 0 Å². The van der Waals surface area contributed by atoms with Crippen LogP contribution in [-0.4, -0.2) is 16.9 Å². The Hall–Kier alpha value is -2.53. The van der Waals surface area contributed by atoms with Crippen LogP contribution in [0.25, 0.3) is 0 Å². The molecule has 6 heteroatoms. The normalized spacial score (nSPS) is 10.1. The predicted octanol–water partition coefficient (Wildman–Crippen LogP) is 3.24. The lowest BCUT2D eigenvalue weighted by atomic mass is 10.1. The number of hydrogen-bond acceptors (Lipinski definition) is 3. The van der Waals surface area contributed by atoms with E-state index < -0.39 is 11.8 Å². The van der Waals surface area contributed by atoms with Crippen molar-refractivity contribution >= 4 is 34.8 Å². The Morgan fingerprint density at radius 1 is 0.955 bits per heavy atom. The quantitative estimate of drug-likeness (QED) is 0.587. The van der Waals surface area contributed by atoms with Crippen molar-refractivity contribution in [3.05, 3.63) is 52.5 Å². The molecule has 0 fully saturated rings. The van der Waals surface area contributed by atoms with Crippen LogP contribution in [0.3, 0.4) is 0 Å². The van der Waals surface area contributed by atoms with E-state index in [4.69, 9.17) is 11.6 Å². The smallest absolute Gasteiger partial charge is 0.314 e. The minimum atomic E-state index is -0.892. The maximum absolute atomic E-state index is 11.9. The molecule has 0 unspecified atom stereocenters. The lowest BCUT2D eigenvalue weighted by Gasteiger charge is -2.09. The molecule has 0 aliphatic rings. The molecule has 2 aromatic rings. The van der Waals surface area contributed by atoms with Crippen LogP contribution in [0.1, 0.15) is 11.1 Å². The summed E-state index contributed by atoms with van der Waals surface area (Å²) in [6, 6.07) is 9.64. The van der Waals surface area contributed by atoms with Gasteiger partial charge in [-0.05, 0) is 55.3 Å². The first kappa shape index (κ1) is 15.9. The van der Waals surface area contributed by atoms with Crippen molar-refractivity contribution < 1.29 is 14.7 Å². The Morgan fingerprint density at radius 3 is 2.18 bits per heavy atom. The summed E-state index contributed by atoms with van der Waals surface area (Å²) in [4.78, 5) is 23.8. The highest BCUT2D eigenvalue weighted by Crippen LogP contribution is 2.26. The summed E-state index contributed by atoms with van der Waals surface area (Å²) in [5.74, 6) is -1.89. The van der Waals surface area contributed by atoms with Gasteiger partial charge in [0.05, 0.1) is 5.69 Å². The van der Waals surface area contributed by atoms with Crippen LogP contribution in [0.5, 0.6) is 5.75 Å². The second-order valence-corrected chi connectivity index (χ2v) is 5.38. The Morgan fingerprint density at radius 2 is 1.55 bits per heavy atom. The zero-order valence-corrected chi connectivity index (χ0v) is 12.9. The number of carbonyl (C=O) groups is 2. The molecule has 2 amide bonds. The molecular weight excluding hydrogens is 304 g/mol. The average molecular weight is 319 g/mol. The molecule has 0 heterocycles. The topological polar surface area (TPSA) is 78.4 Å². The monoisotopic (exact) mass is 318 g/mol. The van der Waals surface area contributed by atoms with Crippen LogP contribution < -0.4 is 10.6 Å². The van der Waals surface area contributed by atoms with Gasteiger partial charge in [0.2, 0.25) is 0 Å². The number of aryl methyl sites for hydroxylation is 2. The number of amides is 2. The third kappa shape index (κ3) is 3.99. The summed E-state index contributed by atoms with van der Waals surface area (Å²) in [7, 11) is 0. The van der Waals surface area contributed by atoms with Crippen LogP contribution in [0.15, 0.2) is 36.4 Å². The van der Waals surface area contributed by atoms with E-state index in [1.165, 1.54) is 18.2 Å². The summed E-state index contributed by atoms with van der Waals surface area (Å²) in [5.41, 5.74) is 2.56. The van der Waals surface area contributed by atoms with Crippen LogP contribution in [0.2, 0.25) is 5.02 Å². The molecule has 0 aliphatic carbocycles. The molecular formula is C16H15ClN2O3. The number of halogens is 1. The summed E-state index contributed by atoms with van der Waals surface area (Å²) in [6.07, 6.45) is 0. The van der Waals surface area contributed by atoms with Gasteiger partial charge in [0.1, 0.15) is 5.75 Å². The van der Waals surface area contributed by atoms with E-state index in [-0.39, 0.29) is 11.4 Å². The lowest BCUT2D eigenvalue weighted by molar-refractivity contribution is -0.133. The van der Waals surface area contributed by atoms with Gasteiger partial charge in [0.15, 0.2) is 0 Å². The highest BCUT2D eigenvalue weighted by atomic mass is 35.5. The number of benzene rings is 2. The van der Waals surface area contributed by atoms with E-state index in [2.05, 4.69) is 10.6 Å². The Labute approximate surface area is 132 Å². The van der Waals surface area contributed by atoms with Crippen LogP contribution in [0, 0.1) is 13.8 Å². The molecule has 0 aliphatic heterocycles. The number of nitrogens with one attached hydrogen (secondary N) is 2. The number of aromatic hydroxyl groups is 1. The second kappa shape index (κ2) is 6.49. The number of carbonyl (C=O) groups excluding carboxylic acids is 2. The fourth-order valence-electron chi connectivity index (χ4n) is 2.02. The van der Waals surface area contributed by atoms with Crippen molar-refractivity contribution in [2.45, 2.75) is 13.8 Å². The van der Waals surface area contributed by atoms with E-state index >= 15 is 0 Å². The average Bonchev–Trinajstić information content (AvgIpc) is 2.41. The van der Waals surface area contributed by atoms with Gasteiger partial charge in [-0.15, -0.1) is 0 Å². The second-order valence-electron chi connectivity index (χ2n) is 4.95. The van der Waals surface area contributed by atoms with Gasteiger partial charge in [-0.25, -0.2) is 0 Å². The van der Waals surface area contributed by atoms with Crippen molar-refractivity contribution in [2.24, 2.45) is 0 Å². The molecule has 0 aromatic heterocycles. The van der Waals surface area contributed by atoms with Gasteiger partial charge in [-0.2, -0.15) is 0 Å². The Kier molecular flexibility index (Phi) is 4.68. The van der Waals surface area contributed by atoms with Crippen molar-refractivity contribution in [2.75, 3.05) is 10.6 Å². The zero-order valence-electron chi connectivity index (χ0n) is 12.1. The van der Waals surface area contributed by atoms with Crippen LogP contribution in [-0.2, 0) is 9.59 Å². The number of anilines is 2. The van der Waals surface area contributed by atoms with Gasteiger partial charge < -0.3 is 15.7 Å². The molecule has 0 saturated heterocycles. The SMILES string of the molecule is Cc1cc(C)cc(NC(=O)C(=O)Nc2cc(Cl)ccc2O)c1. The fraction of sp³-hybridized carbons (Fsp3) is 0.125. The predicted molar refractivity (Wildman–Crippen MR) is 86.3 cm³/mol. The van der Waals surface area contributed by atoms with E-state index in [0.717, 1.165) is 11.1 Å². The standard InChI is InChI=1S/C16H15ClN2O3/c1-9-5-10(2)7-12(6-9)18-15(21)16(22)19-13-8-11(17)3-4-14(13)20/h3-8,20H,1-2H3,(H,18,21)(H,19,22). The molecule has 2 rings (SSSR count). The zero-order chi connectivity index (χ0) is 16.3. The fourth-order valence-corrected chi connectivity index (χ4v) is 2.19. The molecule has 114 valence electrons. The first-order valence-electron chi connectivity index (χ1n) is 6.54.